The lowest BCUT2D eigenvalue weighted by atomic mass is 9.73. The molecule has 2 atom stereocenters. The van der Waals surface area contributed by atoms with Gasteiger partial charge in [-0.25, -0.2) is 18.0 Å². The minimum atomic E-state index is -1.98. The van der Waals surface area contributed by atoms with Gasteiger partial charge in [-0.3, -0.25) is 4.90 Å². The van der Waals surface area contributed by atoms with Gasteiger partial charge in [-0.15, -0.1) is 0 Å². The summed E-state index contributed by atoms with van der Waals surface area (Å²) in [5.74, 6) is -1.80. The Kier molecular flexibility index (Phi) is 7.59. The molecule has 2 fully saturated rings. The highest BCUT2D eigenvalue weighted by Crippen LogP contribution is 2.43. The van der Waals surface area contributed by atoms with Gasteiger partial charge in [-0.1, -0.05) is 12.1 Å². The first-order valence-corrected chi connectivity index (χ1v) is 13.0. The fraction of sp³-hybridized carbons (Fsp3) is 0.480. The van der Waals surface area contributed by atoms with Crippen LogP contribution in [0, 0.1) is 16.8 Å². The fourth-order valence-electron chi connectivity index (χ4n) is 4.93. The highest BCUT2D eigenvalue weighted by atomic mass is 32.2. The molecule has 0 aromatic heterocycles. The van der Waals surface area contributed by atoms with Crippen LogP contribution in [0.25, 0.3) is 0 Å². The molecule has 1 N–H and O–H groups in total. The van der Waals surface area contributed by atoms with Crippen LogP contribution < -0.4 is 4.47 Å². The van der Waals surface area contributed by atoms with Crippen molar-refractivity contribution in [3.63, 3.8) is 0 Å². The Balaban J connectivity index is 1.52. The van der Waals surface area contributed by atoms with Crippen molar-refractivity contribution >= 4 is 16.9 Å². The Morgan fingerprint density at radius 1 is 1.21 bits per heavy atom. The Bertz CT molecular complexity index is 1070. The van der Waals surface area contributed by atoms with Gasteiger partial charge in [0.25, 0.3) is 0 Å². The molecule has 34 heavy (non-hydrogen) atoms. The summed E-state index contributed by atoms with van der Waals surface area (Å²) in [6.45, 7) is 2.61. The number of hydroxylamine groups is 1. The third-order valence-corrected chi connectivity index (χ3v) is 7.73. The van der Waals surface area contributed by atoms with E-state index in [1.165, 1.54) is 24.3 Å². The third kappa shape index (κ3) is 5.28. The van der Waals surface area contributed by atoms with E-state index in [9.17, 15) is 23.0 Å². The molecule has 1 heterocycles. The minimum absolute atomic E-state index is 0.198. The molecule has 2 aromatic carbocycles. The van der Waals surface area contributed by atoms with E-state index in [-0.39, 0.29) is 22.7 Å². The van der Waals surface area contributed by atoms with E-state index >= 15 is 0 Å². The number of nitrogens with zero attached hydrogens (tertiary/aromatic N) is 1. The van der Waals surface area contributed by atoms with Crippen LogP contribution in [0.4, 0.5) is 8.78 Å². The Morgan fingerprint density at radius 3 is 2.41 bits per heavy atom. The van der Waals surface area contributed by atoms with Gasteiger partial charge >= 0.3 is 5.91 Å². The number of hydrogen-bond acceptors (Lipinski definition) is 5. The smallest absolute Gasteiger partial charge is 0.360 e. The summed E-state index contributed by atoms with van der Waals surface area (Å²) in [7, 11) is -0.312. The molecule has 1 amide bonds. The van der Waals surface area contributed by atoms with Gasteiger partial charge in [0.1, 0.15) is 17.2 Å². The number of piperidine rings is 1. The van der Waals surface area contributed by atoms with E-state index < -0.39 is 27.2 Å². The number of amides is 1. The van der Waals surface area contributed by atoms with Crippen LogP contribution >= 0.6 is 0 Å². The predicted molar refractivity (Wildman–Crippen MR) is 126 cm³/mol. The molecule has 184 valence electrons. The minimum Gasteiger partial charge on any atom is -0.612 e. The van der Waals surface area contributed by atoms with E-state index in [1.54, 1.807) is 7.11 Å². The van der Waals surface area contributed by atoms with Crippen molar-refractivity contribution in [2.45, 2.75) is 43.6 Å². The quantitative estimate of drug-likeness (QED) is 0.574. The van der Waals surface area contributed by atoms with Gasteiger partial charge in [0, 0.05) is 19.1 Å². The van der Waals surface area contributed by atoms with E-state index in [0.29, 0.717) is 13.2 Å². The van der Waals surface area contributed by atoms with Crippen LogP contribution in [0.1, 0.15) is 58.6 Å². The molecule has 1 aliphatic heterocycles. The van der Waals surface area contributed by atoms with Crippen molar-refractivity contribution in [1.29, 1.82) is 0 Å². The number of carbonyl (C=O) groups excluding carboxylic acids is 1. The number of hydrogen-bond donors (Lipinski definition) is 1. The average molecular weight is 493 g/mol. The van der Waals surface area contributed by atoms with Gasteiger partial charge in [0.15, 0.2) is 0 Å². The van der Waals surface area contributed by atoms with Crippen molar-refractivity contribution in [3.05, 3.63) is 75.5 Å². The lowest BCUT2D eigenvalue weighted by molar-refractivity contribution is -0.600. The summed E-state index contributed by atoms with van der Waals surface area (Å²) < 4.78 is 44.2. The molecule has 2 aliphatic rings. The molecule has 2 aromatic rings. The maximum absolute atomic E-state index is 14.9. The van der Waals surface area contributed by atoms with E-state index in [1.807, 2.05) is 12.1 Å². The number of benzene rings is 2. The number of rotatable bonds is 8. The summed E-state index contributed by atoms with van der Waals surface area (Å²) in [4.78, 5) is 14.6. The van der Waals surface area contributed by atoms with E-state index in [0.717, 1.165) is 61.7 Å². The normalized spacial score (nSPS) is 20.1. The molecule has 4 rings (SSSR count). The maximum Gasteiger partial charge on any atom is 0.360 e. The van der Waals surface area contributed by atoms with Gasteiger partial charge in [0.2, 0.25) is 11.0 Å². The van der Waals surface area contributed by atoms with E-state index in [4.69, 9.17) is 4.74 Å². The standard InChI is InChI=1S/C25H30F2N2O4S/c1-33-16-25(19-5-7-20(26)8-6-19)9-11-28(12-10-25)15-18-13-23(27)22(14-21(18)17-3-4-17)24(30)29(31)34(2)32/h5-8,13-14,17,29H,3-4,9-12,15-16H2,1-2H3. The van der Waals surface area contributed by atoms with Crippen molar-refractivity contribution in [2.24, 2.45) is 0 Å². The van der Waals surface area contributed by atoms with Gasteiger partial charge in [-0.2, -0.15) is 4.21 Å². The molecule has 1 aliphatic carbocycles. The summed E-state index contributed by atoms with van der Waals surface area (Å²) in [5, 5.41) is 11.9. The highest BCUT2D eigenvalue weighted by Gasteiger charge is 2.37. The molecule has 1 saturated heterocycles. The number of ether oxygens (including phenoxy) is 1. The van der Waals surface area contributed by atoms with Crippen LogP contribution in [-0.4, -0.2) is 48.1 Å². The third-order valence-electron chi connectivity index (χ3n) is 7.02. The number of halogens is 2. The maximum atomic E-state index is 14.9. The first-order valence-electron chi connectivity index (χ1n) is 11.5. The second-order valence-corrected chi connectivity index (χ2v) is 10.7. The van der Waals surface area contributed by atoms with Crippen molar-refractivity contribution in [2.75, 3.05) is 33.1 Å². The monoisotopic (exact) mass is 492 g/mol. The predicted octanol–water partition coefficient (Wildman–Crippen LogP) is 2.84. The molecular formula is C25H30F2N2O4S. The summed E-state index contributed by atoms with van der Waals surface area (Å²) in [6, 6.07) is 9.46. The van der Waals surface area contributed by atoms with Gasteiger partial charge < -0.3 is 9.94 Å². The van der Waals surface area contributed by atoms with Crippen LogP contribution in [-0.2, 0) is 27.7 Å². The van der Waals surface area contributed by atoms with Crippen molar-refractivity contribution < 1.29 is 27.0 Å². The Morgan fingerprint density at radius 2 is 1.85 bits per heavy atom. The molecule has 6 nitrogen and oxygen atoms in total. The van der Waals surface area contributed by atoms with Crippen LogP contribution in [0.15, 0.2) is 36.4 Å². The molecular weight excluding hydrogens is 462 g/mol. The molecule has 9 heteroatoms. The Hall–Kier alpha value is -2.04. The first kappa shape index (κ1) is 25.1. The van der Waals surface area contributed by atoms with Crippen LogP contribution in [0.3, 0.4) is 0 Å². The van der Waals surface area contributed by atoms with Gasteiger partial charge in [-0.05, 0) is 85.6 Å². The molecule has 0 spiro atoms. The molecule has 0 radical (unpaired) electrons. The number of quaternary nitrogens is 1. The lowest BCUT2D eigenvalue weighted by Gasteiger charge is -2.42. The SMILES string of the molecule is COCC1(c2ccc(F)cc2)CCN(Cc2cc(F)c(C(=O)[NH+]([O-])S(C)=O)cc2C2CC2)CC1. The van der Waals surface area contributed by atoms with Crippen LogP contribution in [0.5, 0.6) is 0 Å². The van der Waals surface area contributed by atoms with Gasteiger partial charge in [0.05, 0.1) is 12.9 Å². The summed E-state index contributed by atoms with van der Waals surface area (Å²) in [6.07, 6.45) is 4.69. The molecule has 2 unspecified atom stereocenters. The number of methoxy groups -OCH3 is 1. The fourth-order valence-corrected chi connectivity index (χ4v) is 5.30. The number of carbonyl (C=O) groups is 1. The van der Waals surface area contributed by atoms with Crippen molar-refractivity contribution in [1.82, 2.24) is 4.90 Å². The zero-order valence-electron chi connectivity index (χ0n) is 19.4. The Labute approximate surface area is 201 Å². The summed E-state index contributed by atoms with van der Waals surface area (Å²) >= 11 is 0. The highest BCUT2D eigenvalue weighted by molar-refractivity contribution is 7.78. The van der Waals surface area contributed by atoms with E-state index in [2.05, 4.69) is 4.90 Å². The van der Waals surface area contributed by atoms with Crippen molar-refractivity contribution in [3.8, 4) is 0 Å². The number of likely N-dealkylation sites (tertiary alicyclic amines) is 1. The second-order valence-electron chi connectivity index (χ2n) is 9.37. The number of nitrogens with one attached hydrogen (secondary N) is 1. The average Bonchev–Trinajstić information content (AvgIpc) is 3.65. The van der Waals surface area contributed by atoms with Crippen LogP contribution in [0.2, 0.25) is 0 Å². The first-order chi connectivity index (χ1) is 16.2. The molecule has 1 saturated carbocycles. The zero-order chi connectivity index (χ0) is 24.5. The lowest BCUT2D eigenvalue weighted by Crippen LogP contribution is -3.09. The topological polar surface area (TPSA) is 74.1 Å². The summed E-state index contributed by atoms with van der Waals surface area (Å²) in [5.41, 5.74) is 2.28. The molecule has 0 bridgehead atoms. The second kappa shape index (κ2) is 10.3. The zero-order valence-corrected chi connectivity index (χ0v) is 20.3. The largest absolute Gasteiger partial charge is 0.612 e.